The summed E-state index contributed by atoms with van der Waals surface area (Å²) < 4.78 is 5.75. The maximum Gasteiger partial charge on any atom is 0.260 e. The molecule has 0 aromatic heterocycles. The van der Waals surface area contributed by atoms with E-state index in [4.69, 9.17) is 10.5 Å². The van der Waals surface area contributed by atoms with Gasteiger partial charge in [-0.05, 0) is 43.9 Å². The third-order valence-corrected chi connectivity index (χ3v) is 3.30. The average Bonchev–Trinajstić information content (AvgIpc) is 2.73. The second-order valence-electron chi connectivity index (χ2n) is 4.62. The first kappa shape index (κ1) is 12.9. The summed E-state index contributed by atoms with van der Waals surface area (Å²) in [4.78, 5) is 11.7. The highest BCUT2D eigenvalue weighted by Crippen LogP contribution is 2.35. The molecule has 0 heterocycles. The molecule has 3 N–H and O–H groups in total. The molecule has 0 bridgehead atoms. The molecule has 0 spiro atoms. The summed E-state index contributed by atoms with van der Waals surface area (Å²) in [5.41, 5.74) is 8.32. The molecular formula is C14H20N2O2. The molecule has 98 valence electrons. The van der Waals surface area contributed by atoms with Crippen LogP contribution in [0.1, 0.15) is 37.4 Å². The zero-order valence-electron chi connectivity index (χ0n) is 10.9. The van der Waals surface area contributed by atoms with E-state index in [0.29, 0.717) is 6.54 Å². The number of hydrogen-bond donors (Lipinski definition) is 2. The second-order valence-corrected chi connectivity index (χ2v) is 4.62. The van der Waals surface area contributed by atoms with Crippen molar-refractivity contribution < 1.29 is 9.53 Å². The number of nitrogens with two attached hydrogens (primary N) is 1. The fourth-order valence-electron chi connectivity index (χ4n) is 2.33. The van der Waals surface area contributed by atoms with Crippen molar-refractivity contribution in [3.05, 3.63) is 29.3 Å². The van der Waals surface area contributed by atoms with Crippen LogP contribution in [0.5, 0.6) is 5.75 Å². The molecule has 1 aliphatic rings. The van der Waals surface area contributed by atoms with Crippen molar-refractivity contribution >= 4 is 5.91 Å². The zero-order valence-corrected chi connectivity index (χ0v) is 10.9. The van der Waals surface area contributed by atoms with Crippen molar-refractivity contribution in [2.45, 2.75) is 38.8 Å². The van der Waals surface area contributed by atoms with Crippen LogP contribution in [0.4, 0.5) is 0 Å². The van der Waals surface area contributed by atoms with Crippen molar-refractivity contribution in [3.8, 4) is 5.75 Å². The van der Waals surface area contributed by atoms with Gasteiger partial charge in [0, 0.05) is 12.6 Å². The Morgan fingerprint density at radius 2 is 2.39 bits per heavy atom. The van der Waals surface area contributed by atoms with E-state index in [1.54, 1.807) is 6.92 Å². The number of fused-ring (bicyclic) bond motifs is 1. The molecule has 1 aliphatic carbocycles. The lowest BCUT2D eigenvalue weighted by Crippen LogP contribution is -2.36. The van der Waals surface area contributed by atoms with Gasteiger partial charge in [-0.1, -0.05) is 12.1 Å². The predicted molar refractivity (Wildman–Crippen MR) is 70.5 cm³/mol. The Morgan fingerprint density at radius 1 is 1.61 bits per heavy atom. The van der Waals surface area contributed by atoms with Gasteiger partial charge >= 0.3 is 0 Å². The van der Waals surface area contributed by atoms with Gasteiger partial charge in [0.1, 0.15) is 5.75 Å². The van der Waals surface area contributed by atoms with E-state index in [-0.39, 0.29) is 11.9 Å². The van der Waals surface area contributed by atoms with Crippen LogP contribution in [-0.4, -0.2) is 18.6 Å². The molecule has 0 saturated heterocycles. The van der Waals surface area contributed by atoms with Gasteiger partial charge in [-0.25, -0.2) is 0 Å². The molecule has 18 heavy (non-hydrogen) atoms. The van der Waals surface area contributed by atoms with Gasteiger partial charge < -0.3 is 15.8 Å². The maximum absolute atomic E-state index is 11.7. The first-order chi connectivity index (χ1) is 8.63. The van der Waals surface area contributed by atoms with Gasteiger partial charge in [0.15, 0.2) is 6.10 Å². The third kappa shape index (κ3) is 2.48. The molecule has 1 amide bonds. The minimum Gasteiger partial charge on any atom is -0.481 e. The Kier molecular flexibility index (Phi) is 3.87. The van der Waals surface area contributed by atoms with Crippen LogP contribution < -0.4 is 15.8 Å². The first-order valence-electron chi connectivity index (χ1n) is 6.45. The zero-order chi connectivity index (χ0) is 13.1. The topological polar surface area (TPSA) is 64.3 Å². The van der Waals surface area contributed by atoms with E-state index < -0.39 is 6.10 Å². The molecule has 2 atom stereocenters. The monoisotopic (exact) mass is 248 g/mol. The van der Waals surface area contributed by atoms with Crippen LogP contribution in [0, 0.1) is 0 Å². The molecule has 1 aromatic carbocycles. The second kappa shape index (κ2) is 5.40. The number of carbonyl (C=O) groups is 1. The van der Waals surface area contributed by atoms with E-state index >= 15 is 0 Å². The minimum absolute atomic E-state index is 0.0857. The number of rotatable bonds is 4. The van der Waals surface area contributed by atoms with Gasteiger partial charge in [0.05, 0.1) is 0 Å². The number of hydrogen-bond acceptors (Lipinski definition) is 3. The first-order valence-corrected chi connectivity index (χ1v) is 6.45. The van der Waals surface area contributed by atoms with Gasteiger partial charge in [-0.3, -0.25) is 4.79 Å². The Labute approximate surface area is 108 Å². The number of carbonyl (C=O) groups excluding carboxylic acids is 1. The largest absolute Gasteiger partial charge is 0.481 e. The lowest BCUT2D eigenvalue weighted by Gasteiger charge is -2.17. The van der Waals surface area contributed by atoms with E-state index in [1.165, 1.54) is 0 Å². The number of amides is 1. The molecule has 2 rings (SSSR count). The average molecular weight is 248 g/mol. The van der Waals surface area contributed by atoms with Gasteiger partial charge in [-0.15, -0.1) is 0 Å². The van der Waals surface area contributed by atoms with Crippen molar-refractivity contribution in [2.75, 3.05) is 6.54 Å². The predicted octanol–water partition coefficient (Wildman–Crippen LogP) is 1.54. The molecule has 2 unspecified atom stereocenters. The van der Waals surface area contributed by atoms with Crippen LogP contribution >= 0.6 is 0 Å². The summed E-state index contributed by atoms with van der Waals surface area (Å²) >= 11 is 0. The SMILES string of the molecule is CCNC(=O)C(C)Oc1cccc2c1CCC2N. The van der Waals surface area contributed by atoms with Crippen LogP contribution in [0.25, 0.3) is 0 Å². The summed E-state index contributed by atoms with van der Waals surface area (Å²) in [5, 5.41) is 2.75. The van der Waals surface area contributed by atoms with E-state index in [9.17, 15) is 4.79 Å². The van der Waals surface area contributed by atoms with Crippen molar-refractivity contribution in [2.24, 2.45) is 5.73 Å². The van der Waals surface area contributed by atoms with Crippen LogP contribution in [-0.2, 0) is 11.2 Å². The van der Waals surface area contributed by atoms with Crippen LogP contribution in [0.2, 0.25) is 0 Å². The lowest BCUT2D eigenvalue weighted by molar-refractivity contribution is -0.127. The van der Waals surface area contributed by atoms with Crippen molar-refractivity contribution in [3.63, 3.8) is 0 Å². The quantitative estimate of drug-likeness (QED) is 0.849. The third-order valence-electron chi connectivity index (χ3n) is 3.30. The minimum atomic E-state index is -0.478. The Morgan fingerprint density at radius 3 is 3.11 bits per heavy atom. The maximum atomic E-state index is 11.7. The summed E-state index contributed by atoms with van der Waals surface area (Å²) in [5.74, 6) is 0.705. The number of nitrogens with one attached hydrogen (secondary N) is 1. The molecule has 0 aliphatic heterocycles. The highest BCUT2D eigenvalue weighted by molar-refractivity contribution is 5.80. The molecule has 4 heteroatoms. The molecule has 0 saturated carbocycles. The molecular weight excluding hydrogens is 228 g/mol. The van der Waals surface area contributed by atoms with E-state index in [2.05, 4.69) is 5.32 Å². The molecule has 0 fully saturated rings. The smallest absolute Gasteiger partial charge is 0.260 e. The lowest BCUT2D eigenvalue weighted by atomic mass is 10.1. The standard InChI is InChI=1S/C14H20N2O2/c1-3-16-14(17)9(2)18-13-6-4-5-10-11(13)7-8-12(10)15/h4-6,9,12H,3,7-8,15H2,1-2H3,(H,16,17). The van der Waals surface area contributed by atoms with Gasteiger partial charge in [0.25, 0.3) is 5.91 Å². The van der Waals surface area contributed by atoms with Crippen molar-refractivity contribution in [1.82, 2.24) is 5.32 Å². The van der Waals surface area contributed by atoms with E-state index in [0.717, 1.165) is 29.7 Å². The van der Waals surface area contributed by atoms with Gasteiger partial charge in [-0.2, -0.15) is 0 Å². The summed E-state index contributed by atoms with van der Waals surface area (Å²) in [6, 6.07) is 5.98. The highest BCUT2D eigenvalue weighted by atomic mass is 16.5. The van der Waals surface area contributed by atoms with E-state index in [1.807, 2.05) is 25.1 Å². The Balaban J connectivity index is 2.13. The number of ether oxygens (including phenoxy) is 1. The molecule has 1 aromatic rings. The van der Waals surface area contributed by atoms with Crippen LogP contribution in [0.15, 0.2) is 18.2 Å². The Bertz CT molecular complexity index is 445. The summed E-state index contributed by atoms with van der Waals surface area (Å²) in [7, 11) is 0. The fraction of sp³-hybridized carbons (Fsp3) is 0.500. The van der Waals surface area contributed by atoms with Crippen LogP contribution in [0.3, 0.4) is 0 Å². The highest BCUT2D eigenvalue weighted by Gasteiger charge is 2.24. The number of benzene rings is 1. The molecule has 4 nitrogen and oxygen atoms in total. The Hall–Kier alpha value is -1.55. The van der Waals surface area contributed by atoms with Gasteiger partial charge in [0.2, 0.25) is 0 Å². The fourth-order valence-corrected chi connectivity index (χ4v) is 2.33. The summed E-state index contributed by atoms with van der Waals surface area (Å²) in [6.07, 6.45) is 1.40. The normalized spacial score (nSPS) is 19.2. The molecule has 0 radical (unpaired) electrons. The van der Waals surface area contributed by atoms with Crippen molar-refractivity contribution in [1.29, 1.82) is 0 Å². The number of likely N-dealkylation sites (N-methyl/N-ethyl adjacent to an activating group) is 1. The summed E-state index contributed by atoms with van der Waals surface area (Å²) in [6.45, 7) is 4.27.